The van der Waals surface area contributed by atoms with Crippen molar-refractivity contribution in [2.24, 2.45) is 5.92 Å². The number of carbonyl (C=O) groups excluding carboxylic acids is 2. The minimum Gasteiger partial charge on any atom is -0.504 e. The predicted molar refractivity (Wildman–Crippen MR) is 92.0 cm³/mol. The van der Waals surface area contributed by atoms with Gasteiger partial charge < -0.3 is 20.8 Å². The highest BCUT2D eigenvalue weighted by Gasteiger charge is 2.15. The van der Waals surface area contributed by atoms with Crippen LogP contribution in [0, 0.1) is 5.92 Å². The molecule has 0 aliphatic rings. The normalized spacial score (nSPS) is 11.6. The van der Waals surface area contributed by atoms with Crippen LogP contribution in [0.15, 0.2) is 42.5 Å². The fourth-order valence-electron chi connectivity index (χ4n) is 2.29. The van der Waals surface area contributed by atoms with E-state index >= 15 is 0 Å². The van der Waals surface area contributed by atoms with E-state index in [0.29, 0.717) is 17.8 Å². The van der Waals surface area contributed by atoms with Gasteiger partial charge in [-0.2, -0.15) is 0 Å². The zero-order valence-electron chi connectivity index (χ0n) is 13.5. The fourth-order valence-corrected chi connectivity index (χ4v) is 2.29. The van der Waals surface area contributed by atoms with Gasteiger partial charge in [-0.3, -0.25) is 9.59 Å². The third kappa shape index (κ3) is 4.74. The van der Waals surface area contributed by atoms with E-state index in [0.717, 1.165) is 5.56 Å². The molecule has 2 aromatic carbocycles. The number of rotatable bonds is 5. The number of hydrogen-bond donors (Lipinski definition) is 4. The SMILES string of the molecule is CC(=O)Nc1cccc(NC(=O)C(C)Cc2ccc(O)c(O)c2)c1. The number of amides is 2. The van der Waals surface area contributed by atoms with Crippen molar-refractivity contribution in [3.05, 3.63) is 48.0 Å². The van der Waals surface area contributed by atoms with Crippen molar-refractivity contribution < 1.29 is 19.8 Å². The molecule has 0 spiro atoms. The summed E-state index contributed by atoms with van der Waals surface area (Å²) in [7, 11) is 0. The first-order valence-electron chi connectivity index (χ1n) is 7.54. The molecule has 0 heterocycles. The summed E-state index contributed by atoms with van der Waals surface area (Å²) >= 11 is 0. The Labute approximate surface area is 140 Å². The second kappa shape index (κ2) is 7.50. The summed E-state index contributed by atoms with van der Waals surface area (Å²) in [5.41, 5.74) is 1.95. The molecule has 6 heteroatoms. The topological polar surface area (TPSA) is 98.7 Å². The van der Waals surface area contributed by atoms with Gasteiger partial charge in [0.05, 0.1) is 0 Å². The molecule has 1 unspecified atom stereocenters. The van der Waals surface area contributed by atoms with Crippen LogP contribution < -0.4 is 10.6 Å². The molecular weight excluding hydrogens is 308 g/mol. The summed E-state index contributed by atoms with van der Waals surface area (Å²) in [4.78, 5) is 23.4. The second-order valence-electron chi connectivity index (χ2n) is 5.68. The summed E-state index contributed by atoms with van der Waals surface area (Å²) in [6.45, 7) is 3.19. The molecular formula is C18H20N2O4. The minimum absolute atomic E-state index is 0.178. The van der Waals surface area contributed by atoms with Crippen molar-refractivity contribution in [2.75, 3.05) is 10.6 Å². The van der Waals surface area contributed by atoms with E-state index in [2.05, 4.69) is 10.6 Å². The molecule has 0 fully saturated rings. The van der Waals surface area contributed by atoms with Gasteiger partial charge >= 0.3 is 0 Å². The quantitative estimate of drug-likeness (QED) is 0.634. The van der Waals surface area contributed by atoms with Crippen LogP contribution in [0.2, 0.25) is 0 Å². The molecule has 1 atom stereocenters. The summed E-state index contributed by atoms with van der Waals surface area (Å²) in [6, 6.07) is 11.4. The van der Waals surface area contributed by atoms with Crippen LogP contribution in [0.1, 0.15) is 19.4 Å². The molecule has 2 amide bonds. The molecule has 0 bridgehead atoms. The van der Waals surface area contributed by atoms with E-state index < -0.39 is 0 Å². The first-order valence-corrected chi connectivity index (χ1v) is 7.54. The van der Waals surface area contributed by atoms with E-state index in [-0.39, 0.29) is 29.2 Å². The maximum Gasteiger partial charge on any atom is 0.227 e. The van der Waals surface area contributed by atoms with E-state index in [9.17, 15) is 19.8 Å². The summed E-state index contributed by atoms with van der Waals surface area (Å²) in [5.74, 6) is -1.09. The van der Waals surface area contributed by atoms with E-state index in [1.807, 2.05) is 0 Å². The number of nitrogens with one attached hydrogen (secondary N) is 2. The molecule has 0 saturated carbocycles. The Morgan fingerprint density at radius 2 is 1.67 bits per heavy atom. The standard InChI is InChI=1S/C18H20N2O4/c1-11(8-13-6-7-16(22)17(23)9-13)18(24)20-15-5-3-4-14(10-15)19-12(2)21/h3-7,9-11,22-23H,8H2,1-2H3,(H,19,21)(H,20,24). The zero-order valence-corrected chi connectivity index (χ0v) is 13.5. The van der Waals surface area contributed by atoms with Crippen molar-refractivity contribution in [1.82, 2.24) is 0 Å². The molecule has 24 heavy (non-hydrogen) atoms. The lowest BCUT2D eigenvalue weighted by molar-refractivity contribution is -0.119. The molecule has 0 aliphatic heterocycles. The van der Waals surface area contributed by atoms with Gasteiger partial charge in [-0.15, -0.1) is 0 Å². The smallest absolute Gasteiger partial charge is 0.227 e. The Hall–Kier alpha value is -3.02. The van der Waals surface area contributed by atoms with E-state index in [1.54, 1.807) is 37.3 Å². The van der Waals surface area contributed by atoms with Crippen LogP contribution in [0.3, 0.4) is 0 Å². The van der Waals surface area contributed by atoms with Crippen LogP contribution in [-0.4, -0.2) is 22.0 Å². The first kappa shape index (κ1) is 17.3. The highest BCUT2D eigenvalue weighted by atomic mass is 16.3. The monoisotopic (exact) mass is 328 g/mol. The number of hydrogen-bond acceptors (Lipinski definition) is 4. The number of benzene rings is 2. The molecule has 0 radical (unpaired) electrons. The minimum atomic E-state index is -0.335. The predicted octanol–water partition coefficient (Wildman–Crippen LogP) is 2.87. The Balaban J connectivity index is 2.00. The maximum absolute atomic E-state index is 12.3. The highest BCUT2D eigenvalue weighted by Crippen LogP contribution is 2.26. The van der Waals surface area contributed by atoms with Crippen molar-refractivity contribution >= 4 is 23.2 Å². The van der Waals surface area contributed by atoms with Crippen molar-refractivity contribution in [2.45, 2.75) is 20.3 Å². The zero-order chi connectivity index (χ0) is 17.7. The Morgan fingerprint density at radius 1 is 1.00 bits per heavy atom. The third-order valence-electron chi connectivity index (χ3n) is 3.48. The number of anilines is 2. The number of carbonyl (C=O) groups is 2. The number of phenols is 2. The molecule has 2 rings (SSSR count). The molecule has 4 N–H and O–H groups in total. The molecule has 6 nitrogen and oxygen atoms in total. The maximum atomic E-state index is 12.3. The van der Waals surface area contributed by atoms with Gasteiger partial charge in [0.25, 0.3) is 0 Å². The van der Waals surface area contributed by atoms with Crippen molar-refractivity contribution in [3.8, 4) is 11.5 Å². The largest absolute Gasteiger partial charge is 0.504 e. The van der Waals surface area contributed by atoms with Gasteiger partial charge in [-0.25, -0.2) is 0 Å². The second-order valence-corrected chi connectivity index (χ2v) is 5.68. The molecule has 0 aliphatic carbocycles. The summed E-state index contributed by atoms with van der Waals surface area (Å²) < 4.78 is 0. The van der Waals surface area contributed by atoms with Crippen LogP contribution >= 0.6 is 0 Å². The Morgan fingerprint density at radius 3 is 2.29 bits per heavy atom. The van der Waals surface area contributed by atoms with Gasteiger partial charge in [0.1, 0.15) is 0 Å². The van der Waals surface area contributed by atoms with Crippen molar-refractivity contribution in [3.63, 3.8) is 0 Å². The number of phenolic OH excluding ortho intramolecular Hbond substituents is 2. The van der Waals surface area contributed by atoms with Gasteiger partial charge in [0.2, 0.25) is 11.8 Å². The highest BCUT2D eigenvalue weighted by molar-refractivity contribution is 5.94. The Kier molecular flexibility index (Phi) is 5.42. The van der Waals surface area contributed by atoms with Crippen LogP contribution in [0.25, 0.3) is 0 Å². The van der Waals surface area contributed by atoms with E-state index in [1.165, 1.54) is 19.1 Å². The third-order valence-corrected chi connectivity index (χ3v) is 3.48. The average Bonchev–Trinajstić information content (AvgIpc) is 2.50. The fraction of sp³-hybridized carbons (Fsp3) is 0.222. The lowest BCUT2D eigenvalue weighted by Gasteiger charge is -2.13. The van der Waals surface area contributed by atoms with Gasteiger partial charge in [0.15, 0.2) is 11.5 Å². The summed E-state index contributed by atoms with van der Waals surface area (Å²) in [6.07, 6.45) is 0.422. The van der Waals surface area contributed by atoms with Crippen LogP contribution in [0.4, 0.5) is 11.4 Å². The Bertz CT molecular complexity index is 758. The lowest BCUT2D eigenvalue weighted by atomic mass is 10.00. The molecule has 0 aromatic heterocycles. The van der Waals surface area contributed by atoms with Gasteiger partial charge in [0, 0.05) is 24.2 Å². The average molecular weight is 328 g/mol. The molecule has 0 saturated heterocycles. The number of aromatic hydroxyl groups is 2. The van der Waals surface area contributed by atoms with Crippen molar-refractivity contribution in [1.29, 1.82) is 0 Å². The molecule has 2 aromatic rings. The van der Waals surface area contributed by atoms with Crippen LogP contribution in [0.5, 0.6) is 11.5 Å². The van der Waals surface area contributed by atoms with Gasteiger partial charge in [-0.1, -0.05) is 19.1 Å². The first-order chi connectivity index (χ1) is 11.3. The lowest BCUT2D eigenvalue weighted by Crippen LogP contribution is -2.22. The van der Waals surface area contributed by atoms with Gasteiger partial charge in [-0.05, 0) is 42.3 Å². The van der Waals surface area contributed by atoms with Crippen LogP contribution in [-0.2, 0) is 16.0 Å². The summed E-state index contributed by atoms with van der Waals surface area (Å²) in [5, 5.41) is 24.3. The van der Waals surface area contributed by atoms with E-state index in [4.69, 9.17) is 0 Å². The molecule has 126 valence electrons.